The van der Waals surface area contributed by atoms with Crippen molar-refractivity contribution in [3.63, 3.8) is 0 Å². The molecule has 1 N–H and O–H groups in total. The zero-order valence-corrected chi connectivity index (χ0v) is 15.6. The Labute approximate surface area is 161 Å². The number of rotatable bonds is 4. The number of carbonyl (C=O) groups is 2. The second-order valence-corrected chi connectivity index (χ2v) is 7.24. The number of carbonyl (C=O) groups excluding carboxylic acids is 2. The van der Waals surface area contributed by atoms with Gasteiger partial charge in [-0.15, -0.1) is 0 Å². The van der Waals surface area contributed by atoms with E-state index in [-0.39, 0.29) is 5.91 Å². The van der Waals surface area contributed by atoms with E-state index in [0.717, 1.165) is 23.4 Å². The van der Waals surface area contributed by atoms with Gasteiger partial charge in [-0.3, -0.25) is 9.59 Å². The molecule has 1 aliphatic heterocycles. The van der Waals surface area contributed by atoms with Crippen LogP contribution in [-0.4, -0.2) is 18.4 Å². The number of hydrogen-bond acceptors (Lipinski definition) is 2. The molecule has 0 unspecified atom stereocenters. The average Bonchev–Trinajstić information content (AvgIpc) is 2.63. The predicted molar refractivity (Wildman–Crippen MR) is 101 cm³/mol. The van der Waals surface area contributed by atoms with E-state index in [2.05, 4.69) is 5.32 Å². The van der Waals surface area contributed by atoms with E-state index < -0.39 is 23.2 Å². The minimum Gasteiger partial charge on any atom is -0.322 e. The summed E-state index contributed by atoms with van der Waals surface area (Å²) in [7, 11) is 0. The van der Waals surface area contributed by atoms with Crippen LogP contribution in [0.15, 0.2) is 42.5 Å². The van der Waals surface area contributed by atoms with Crippen molar-refractivity contribution in [3.8, 4) is 0 Å². The molecular weight excluding hydrogens is 369 g/mol. The van der Waals surface area contributed by atoms with Crippen molar-refractivity contribution in [1.29, 1.82) is 0 Å². The Morgan fingerprint density at radius 1 is 1.14 bits per heavy atom. The summed E-state index contributed by atoms with van der Waals surface area (Å²) < 4.78 is 39.4. The number of alkyl halides is 3. The quantitative estimate of drug-likeness (QED) is 0.808. The lowest BCUT2D eigenvalue weighted by Crippen LogP contribution is -2.37. The zero-order chi connectivity index (χ0) is 20.5. The molecule has 0 atom stereocenters. The van der Waals surface area contributed by atoms with Crippen molar-refractivity contribution in [2.45, 2.75) is 32.9 Å². The van der Waals surface area contributed by atoms with E-state index in [0.29, 0.717) is 31.0 Å². The van der Waals surface area contributed by atoms with Crippen LogP contribution in [0.4, 0.5) is 24.5 Å². The smallest absolute Gasteiger partial charge is 0.322 e. The lowest BCUT2D eigenvalue weighted by atomic mass is 9.99. The zero-order valence-electron chi connectivity index (χ0n) is 15.6. The largest absolute Gasteiger partial charge is 0.417 e. The number of anilines is 2. The summed E-state index contributed by atoms with van der Waals surface area (Å²) in [4.78, 5) is 26.4. The first-order chi connectivity index (χ1) is 13.2. The lowest BCUT2D eigenvalue weighted by molar-refractivity contribution is -0.137. The summed E-state index contributed by atoms with van der Waals surface area (Å²) in [5.41, 5.74) is 0.684. The highest BCUT2D eigenvalue weighted by Gasteiger charge is 2.35. The summed E-state index contributed by atoms with van der Waals surface area (Å²) in [6.07, 6.45) is -3.71. The maximum Gasteiger partial charge on any atom is 0.417 e. The van der Waals surface area contributed by atoms with Crippen LogP contribution >= 0.6 is 0 Å². The van der Waals surface area contributed by atoms with Gasteiger partial charge in [-0.2, -0.15) is 13.2 Å². The maximum atomic E-state index is 13.1. The van der Waals surface area contributed by atoms with Crippen LogP contribution in [0.5, 0.6) is 0 Å². The van der Waals surface area contributed by atoms with Gasteiger partial charge in [0.05, 0.1) is 11.1 Å². The Bertz CT molecular complexity index is 907. The molecule has 1 heterocycles. The van der Waals surface area contributed by atoms with E-state index in [4.69, 9.17) is 0 Å². The van der Waals surface area contributed by atoms with Gasteiger partial charge in [0, 0.05) is 24.3 Å². The number of fused-ring (bicyclic) bond motifs is 1. The standard InChI is InChI=1S/C21H21F3N2O2/c1-13(2)12-26-18-9-8-15(11-14(18)7-10-19(26)27)25-20(28)16-5-3-4-6-17(16)21(22,23)24/h3-6,8-9,11,13H,7,10,12H2,1-2H3,(H,25,28). The topological polar surface area (TPSA) is 49.4 Å². The van der Waals surface area contributed by atoms with Gasteiger partial charge >= 0.3 is 6.18 Å². The molecule has 7 heteroatoms. The summed E-state index contributed by atoms with van der Waals surface area (Å²) in [5, 5.41) is 2.55. The average molecular weight is 390 g/mol. The number of hydrogen-bond donors (Lipinski definition) is 1. The molecule has 0 radical (unpaired) electrons. The van der Waals surface area contributed by atoms with Gasteiger partial charge in [-0.1, -0.05) is 26.0 Å². The normalized spacial score (nSPS) is 14.2. The molecule has 0 fully saturated rings. The Hall–Kier alpha value is -2.83. The van der Waals surface area contributed by atoms with Gasteiger partial charge in [-0.25, -0.2) is 0 Å². The first kappa shape index (κ1) is 19.9. The van der Waals surface area contributed by atoms with Gasteiger partial charge in [0.25, 0.3) is 5.91 Å². The van der Waals surface area contributed by atoms with Crippen LogP contribution in [0.2, 0.25) is 0 Å². The summed E-state index contributed by atoms with van der Waals surface area (Å²) >= 11 is 0. The van der Waals surface area contributed by atoms with Crippen molar-refractivity contribution in [2.24, 2.45) is 5.92 Å². The number of aryl methyl sites for hydroxylation is 1. The molecule has 0 saturated heterocycles. The van der Waals surface area contributed by atoms with E-state index >= 15 is 0 Å². The molecule has 28 heavy (non-hydrogen) atoms. The van der Waals surface area contributed by atoms with Crippen LogP contribution in [0.1, 0.15) is 41.8 Å². The van der Waals surface area contributed by atoms with Crippen LogP contribution in [0, 0.1) is 5.92 Å². The summed E-state index contributed by atoms with van der Waals surface area (Å²) in [6.45, 7) is 4.64. The molecule has 4 nitrogen and oxygen atoms in total. The van der Waals surface area contributed by atoms with Crippen molar-refractivity contribution < 1.29 is 22.8 Å². The molecule has 0 aromatic heterocycles. The molecule has 2 aromatic rings. The molecule has 1 aliphatic rings. The van der Waals surface area contributed by atoms with Gasteiger partial charge in [0.1, 0.15) is 0 Å². The molecule has 148 valence electrons. The van der Waals surface area contributed by atoms with Crippen LogP contribution in [-0.2, 0) is 17.4 Å². The van der Waals surface area contributed by atoms with Gasteiger partial charge < -0.3 is 10.2 Å². The highest BCUT2D eigenvalue weighted by Crippen LogP contribution is 2.33. The second kappa shape index (κ2) is 7.66. The Morgan fingerprint density at radius 3 is 2.54 bits per heavy atom. The highest BCUT2D eigenvalue weighted by molar-refractivity contribution is 6.06. The first-order valence-corrected chi connectivity index (χ1v) is 9.07. The Kier molecular flexibility index (Phi) is 5.45. The molecule has 0 saturated carbocycles. The first-order valence-electron chi connectivity index (χ1n) is 9.07. The summed E-state index contributed by atoms with van der Waals surface area (Å²) in [6, 6.07) is 9.75. The van der Waals surface area contributed by atoms with Crippen molar-refractivity contribution >= 4 is 23.2 Å². The minimum absolute atomic E-state index is 0.0529. The lowest BCUT2D eigenvalue weighted by Gasteiger charge is -2.31. The Balaban J connectivity index is 1.86. The molecule has 3 rings (SSSR count). The Morgan fingerprint density at radius 2 is 1.86 bits per heavy atom. The van der Waals surface area contributed by atoms with E-state index in [9.17, 15) is 22.8 Å². The van der Waals surface area contributed by atoms with E-state index in [1.165, 1.54) is 12.1 Å². The number of amides is 2. The number of nitrogens with zero attached hydrogens (tertiary/aromatic N) is 1. The van der Waals surface area contributed by atoms with Gasteiger partial charge in [0.2, 0.25) is 5.91 Å². The van der Waals surface area contributed by atoms with Crippen LogP contribution in [0.3, 0.4) is 0 Å². The fourth-order valence-electron chi connectivity index (χ4n) is 3.33. The van der Waals surface area contributed by atoms with Crippen molar-refractivity contribution in [1.82, 2.24) is 0 Å². The van der Waals surface area contributed by atoms with Crippen molar-refractivity contribution in [3.05, 3.63) is 59.2 Å². The number of nitrogens with one attached hydrogen (secondary N) is 1. The third kappa shape index (κ3) is 4.18. The van der Waals surface area contributed by atoms with E-state index in [1.807, 2.05) is 13.8 Å². The monoisotopic (exact) mass is 390 g/mol. The van der Waals surface area contributed by atoms with Crippen molar-refractivity contribution in [2.75, 3.05) is 16.8 Å². The third-order valence-electron chi connectivity index (χ3n) is 4.56. The second-order valence-electron chi connectivity index (χ2n) is 7.24. The molecule has 2 aromatic carbocycles. The third-order valence-corrected chi connectivity index (χ3v) is 4.56. The summed E-state index contributed by atoms with van der Waals surface area (Å²) in [5.74, 6) is -0.468. The minimum atomic E-state index is -4.61. The number of halogens is 3. The molecule has 0 bridgehead atoms. The van der Waals surface area contributed by atoms with Crippen LogP contribution < -0.4 is 10.2 Å². The highest BCUT2D eigenvalue weighted by atomic mass is 19.4. The maximum absolute atomic E-state index is 13.1. The molecular formula is C21H21F3N2O2. The SMILES string of the molecule is CC(C)CN1C(=O)CCc2cc(NC(=O)c3ccccc3C(F)(F)F)ccc21. The molecule has 2 amide bonds. The molecule has 0 aliphatic carbocycles. The molecule has 0 spiro atoms. The predicted octanol–water partition coefficient (Wildman–Crippen LogP) is 4.89. The van der Waals surface area contributed by atoms with Gasteiger partial charge in [-0.05, 0) is 48.2 Å². The van der Waals surface area contributed by atoms with Crippen LogP contribution in [0.25, 0.3) is 0 Å². The fraction of sp³-hybridized carbons (Fsp3) is 0.333. The van der Waals surface area contributed by atoms with E-state index in [1.54, 1.807) is 23.1 Å². The van der Waals surface area contributed by atoms with Gasteiger partial charge in [0.15, 0.2) is 0 Å². The number of benzene rings is 2. The fourth-order valence-corrected chi connectivity index (χ4v) is 3.33.